The third-order valence-corrected chi connectivity index (χ3v) is 5.07. The summed E-state index contributed by atoms with van der Waals surface area (Å²) in [4.78, 5) is 12.4. The molecule has 4 rings (SSSR count). The summed E-state index contributed by atoms with van der Waals surface area (Å²) in [5, 5.41) is 12.6. The van der Waals surface area contributed by atoms with E-state index in [-0.39, 0.29) is 23.7 Å². The molecule has 0 aromatic carbocycles. The molecule has 5 nitrogen and oxygen atoms in total. The van der Waals surface area contributed by atoms with E-state index in [4.69, 9.17) is 10.5 Å². The Morgan fingerprint density at radius 2 is 2.35 bits per heavy atom. The zero-order valence-electron chi connectivity index (χ0n) is 12.0. The summed E-state index contributed by atoms with van der Waals surface area (Å²) in [7, 11) is 0. The topological polar surface area (TPSA) is 88.1 Å². The number of carbonyl (C=O) groups is 1. The van der Waals surface area contributed by atoms with E-state index in [1.807, 2.05) is 0 Å². The van der Waals surface area contributed by atoms with Crippen LogP contribution in [0.5, 0.6) is 0 Å². The molecule has 3 heterocycles. The van der Waals surface area contributed by atoms with Gasteiger partial charge in [-0.3, -0.25) is 4.79 Å². The van der Waals surface area contributed by atoms with Crippen molar-refractivity contribution < 1.29 is 9.53 Å². The van der Waals surface area contributed by atoms with Crippen LogP contribution in [0.25, 0.3) is 0 Å². The van der Waals surface area contributed by atoms with Crippen molar-refractivity contribution in [3.63, 3.8) is 0 Å². The first-order valence-electron chi connectivity index (χ1n) is 7.31. The molecule has 1 amide bonds. The van der Waals surface area contributed by atoms with E-state index in [0.29, 0.717) is 36.8 Å². The molecule has 0 unspecified atom stereocenters. The highest BCUT2D eigenvalue weighted by atomic mass is 16.5. The average molecular weight is 275 g/mol. The zero-order chi connectivity index (χ0) is 14.5. The monoisotopic (exact) mass is 275 g/mol. The van der Waals surface area contributed by atoms with Crippen LogP contribution in [-0.2, 0) is 9.53 Å². The lowest BCUT2D eigenvalue weighted by molar-refractivity contribution is -0.143. The number of nitrogens with one attached hydrogen (secondary N) is 1. The SMILES string of the molecule is CC(C)C[C@@H]1[C@H]2C(=O)N[C@]3(CCOC[C@H]13)C(C#N)=C2N. The fourth-order valence-electron chi connectivity index (χ4n) is 4.31. The summed E-state index contributed by atoms with van der Waals surface area (Å²) in [6.45, 7) is 5.48. The van der Waals surface area contributed by atoms with Crippen molar-refractivity contribution in [2.24, 2.45) is 29.4 Å². The molecule has 5 heteroatoms. The number of rotatable bonds is 2. The smallest absolute Gasteiger partial charge is 0.230 e. The minimum atomic E-state index is -0.581. The Balaban J connectivity index is 2.12. The van der Waals surface area contributed by atoms with Crippen LogP contribution in [0, 0.1) is 35.0 Å². The van der Waals surface area contributed by atoms with Gasteiger partial charge in [0.15, 0.2) is 0 Å². The molecule has 2 bridgehead atoms. The number of nitrogens with zero attached hydrogens (tertiary/aromatic N) is 1. The molecule has 3 aliphatic heterocycles. The van der Waals surface area contributed by atoms with Gasteiger partial charge >= 0.3 is 0 Å². The van der Waals surface area contributed by atoms with Gasteiger partial charge in [-0.15, -0.1) is 0 Å². The van der Waals surface area contributed by atoms with E-state index >= 15 is 0 Å². The molecular weight excluding hydrogens is 254 g/mol. The van der Waals surface area contributed by atoms with Gasteiger partial charge in [0.1, 0.15) is 0 Å². The second kappa shape index (κ2) is 4.49. The van der Waals surface area contributed by atoms with E-state index < -0.39 is 5.54 Å². The molecule has 0 radical (unpaired) electrons. The van der Waals surface area contributed by atoms with Gasteiger partial charge in [0.25, 0.3) is 0 Å². The Labute approximate surface area is 119 Å². The van der Waals surface area contributed by atoms with Crippen molar-refractivity contribution in [2.45, 2.75) is 32.2 Å². The van der Waals surface area contributed by atoms with E-state index in [2.05, 4.69) is 25.2 Å². The van der Waals surface area contributed by atoms with Gasteiger partial charge < -0.3 is 15.8 Å². The second-order valence-corrected chi connectivity index (χ2v) is 6.61. The average Bonchev–Trinajstić information content (AvgIpc) is 2.37. The van der Waals surface area contributed by atoms with Gasteiger partial charge in [-0.05, 0) is 24.7 Å². The molecule has 0 aromatic rings. The highest BCUT2D eigenvalue weighted by Gasteiger charge is 2.61. The Hall–Kier alpha value is -1.54. The predicted molar refractivity (Wildman–Crippen MR) is 73.1 cm³/mol. The van der Waals surface area contributed by atoms with Crippen molar-refractivity contribution in [1.82, 2.24) is 5.32 Å². The molecule has 0 aromatic heterocycles. The molecular formula is C15H21N3O2. The summed E-state index contributed by atoms with van der Waals surface area (Å²) in [6, 6.07) is 2.25. The first-order chi connectivity index (χ1) is 9.51. The highest BCUT2D eigenvalue weighted by molar-refractivity contribution is 5.87. The normalized spacial score (nSPS) is 39.5. The Bertz CT molecular complexity index is 520. The van der Waals surface area contributed by atoms with Crippen LogP contribution in [0.15, 0.2) is 11.3 Å². The number of piperidine rings is 1. The summed E-state index contributed by atoms with van der Waals surface area (Å²) in [5.74, 6) is 0.472. The van der Waals surface area contributed by atoms with E-state index in [0.717, 1.165) is 6.42 Å². The molecule has 3 N–H and O–H groups in total. The molecule has 4 atom stereocenters. The predicted octanol–water partition coefficient (Wildman–Crippen LogP) is 0.920. The summed E-state index contributed by atoms with van der Waals surface area (Å²) >= 11 is 0. The molecule has 20 heavy (non-hydrogen) atoms. The number of carbonyl (C=O) groups excluding carboxylic acids is 1. The van der Waals surface area contributed by atoms with Crippen LogP contribution in [0.4, 0.5) is 0 Å². The molecule has 108 valence electrons. The van der Waals surface area contributed by atoms with Gasteiger partial charge in [-0.1, -0.05) is 13.8 Å². The van der Waals surface area contributed by atoms with E-state index in [1.54, 1.807) is 0 Å². The van der Waals surface area contributed by atoms with Gasteiger partial charge in [0.05, 0.1) is 29.7 Å². The Morgan fingerprint density at radius 1 is 1.60 bits per heavy atom. The van der Waals surface area contributed by atoms with E-state index in [9.17, 15) is 10.1 Å². The number of hydrogen-bond acceptors (Lipinski definition) is 4. The van der Waals surface area contributed by atoms with Crippen molar-refractivity contribution in [2.75, 3.05) is 13.2 Å². The fourth-order valence-corrected chi connectivity index (χ4v) is 4.31. The first kappa shape index (κ1) is 13.4. The number of hydrogen-bond donors (Lipinski definition) is 2. The number of nitriles is 1. The number of amides is 1. The maximum Gasteiger partial charge on any atom is 0.230 e. The fraction of sp³-hybridized carbons (Fsp3) is 0.733. The number of fused-ring (bicyclic) bond motifs is 1. The minimum Gasteiger partial charge on any atom is -0.401 e. The maximum atomic E-state index is 12.4. The molecule has 2 fully saturated rings. The summed E-state index contributed by atoms with van der Waals surface area (Å²) < 4.78 is 5.64. The van der Waals surface area contributed by atoms with Crippen LogP contribution in [0.2, 0.25) is 0 Å². The molecule has 0 saturated carbocycles. The van der Waals surface area contributed by atoms with Gasteiger partial charge in [-0.2, -0.15) is 5.26 Å². The van der Waals surface area contributed by atoms with E-state index in [1.165, 1.54) is 0 Å². The molecule has 4 aliphatic rings. The molecule has 1 aliphatic carbocycles. The highest BCUT2D eigenvalue weighted by Crippen LogP contribution is 2.52. The lowest BCUT2D eigenvalue weighted by atomic mass is 9.55. The standard InChI is InChI=1S/C15H21N3O2/c1-8(2)5-9-11-7-20-4-3-15(11)10(6-16)13(17)12(9)14(19)18-15/h8-9,11-12H,3-5,7,17H2,1-2H3,(H,18,19)/t9-,11+,12+,15+/m0/s1. The Morgan fingerprint density at radius 3 is 3.00 bits per heavy atom. The maximum absolute atomic E-state index is 12.4. The largest absolute Gasteiger partial charge is 0.401 e. The summed E-state index contributed by atoms with van der Waals surface area (Å²) in [6.07, 6.45) is 1.58. The second-order valence-electron chi connectivity index (χ2n) is 6.61. The van der Waals surface area contributed by atoms with Crippen molar-refractivity contribution in [3.8, 4) is 6.07 Å². The lowest BCUT2D eigenvalue weighted by Gasteiger charge is -2.57. The third-order valence-electron chi connectivity index (χ3n) is 5.07. The molecule has 2 saturated heterocycles. The van der Waals surface area contributed by atoms with Crippen LogP contribution in [-0.4, -0.2) is 24.7 Å². The van der Waals surface area contributed by atoms with Gasteiger partial charge in [0.2, 0.25) is 5.91 Å². The Kier molecular flexibility index (Phi) is 3.02. The van der Waals surface area contributed by atoms with Crippen molar-refractivity contribution >= 4 is 5.91 Å². The number of nitrogens with two attached hydrogens (primary N) is 1. The van der Waals surface area contributed by atoms with Crippen LogP contribution in [0.1, 0.15) is 26.7 Å². The third kappa shape index (κ3) is 1.61. The minimum absolute atomic E-state index is 0.00898. The quantitative estimate of drug-likeness (QED) is 0.784. The van der Waals surface area contributed by atoms with Crippen LogP contribution < -0.4 is 11.1 Å². The van der Waals surface area contributed by atoms with Gasteiger partial charge in [0, 0.05) is 18.2 Å². The number of ether oxygens (including phenoxy) is 1. The molecule has 1 spiro atoms. The summed E-state index contributed by atoms with van der Waals surface area (Å²) in [5.41, 5.74) is 6.69. The lowest BCUT2D eigenvalue weighted by Crippen LogP contribution is -2.71. The van der Waals surface area contributed by atoms with Crippen molar-refractivity contribution in [3.05, 3.63) is 11.3 Å². The van der Waals surface area contributed by atoms with Crippen molar-refractivity contribution in [1.29, 1.82) is 5.26 Å². The van der Waals surface area contributed by atoms with Crippen LogP contribution >= 0.6 is 0 Å². The van der Waals surface area contributed by atoms with Gasteiger partial charge in [-0.25, -0.2) is 0 Å². The van der Waals surface area contributed by atoms with Crippen LogP contribution in [0.3, 0.4) is 0 Å². The zero-order valence-corrected chi connectivity index (χ0v) is 12.0. The first-order valence-corrected chi connectivity index (χ1v) is 7.31.